The first kappa shape index (κ1) is 20.9. The number of methoxy groups -OCH3 is 1. The van der Waals surface area contributed by atoms with E-state index in [1.807, 2.05) is 23.6 Å². The van der Waals surface area contributed by atoms with Gasteiger partial charge in [-0.25, -0.2) is 0 Å². The lowest BCUT2D eigenvalue weighted by Crippen LogP contribution is -2.19. The third-order valence-electron chi connectivity index (χ3n) is 4.46. The predicted octanol–water partition coefficient (Wildman–Crippen LogP) is 5.54. The summed E-state index contributed by atoms with van der Waals surface area (Å²) in [6.07, 6.45) is 0. The molecule has 156 valence electrons. The van der Waals surface area contributed by atoms with E-state index in [9.17, 15) is 4.79 Å². The number of hydrogen-bond acceptors (Lipinski definition) is 5. The Morgan fingerprint density at radius 2 is 2.03 bits per heavy atom. The van der Waals surface area contributed by atoms with Gasteiger partial charge in [-0.05, 0) is 31.2 Å². The number of nitrogens with zero attached hydrogens (tertiary/aromatic N) is 2. The number of halogens is 2. The van der Waals surface area contributed by atoms with Gasteiger partial charge in [0.25, 0.3) is 0 Å². The molecule has 30 heavy (non-hydrogen) atoms. The van der Waals surface area contributed by atoms with Crippen molar-refractivity contribution >= 4 is 61.6 Å². The summed E-state index contributed by atoms with van der Waals surface area (Å²) in [6, 6.07) is 10.6. The molecular weight excluding hydrogens is 447 g/mol. The van der Waals surface area contributed by atoms with Gasteiger partial charge in [0, 0.05) is 19.0 Å². The Morgan fingerprint density at radius 3 is 2.80 bits per heavy atom. The predicted molar refractivity (Wildman–Crippen MR) is 119 cm³/mol. The SMILES string of the molecule is CCOc1cccc2cc(C(=O)N=c3sc4c(Cl)ccc(Cl)c4n3CCOC)oc12. The first-order valence-electron chi connectivity index (χ1n) is 9.24. The second-order valence-corrected chi connectivity index (χ2v) is 8.16. The van der Waals surface area contributed by atoms with Crippen LogP contribution in [0.3, 0.4) is 0 Å². The van der Waals surface area contributed by atoms with Crippen molar-refractivity contribution in [2.75, 3.05) is 20.3 Å². The molecule has 0 saturated carbocycles. The summed E-state index contributed by atoms with van der Waals surface area (Å²) in [6.45, 7) is 3.28. The van der Waals surface area contributed by atoms with Crippen LogP contribution in [0, 0.1) is 0 Å². The maximum atomic E-state index is 12.9. The van der Waals surface area contributed by atoms with Gasteiger partial charge in [-0.15, -0.1) is 0 Å². The lowest BCUT2D eigenvalue weighted by atomic mass is 10.2. The van der Waals surface area contributed by atoms with Crippen molar-refractivity contribution in [3.63, 3.8) is 0 Å². The highest BCUT2D eigenvalue weighted by Gasteiger charge is 2.17. The van der Waals surface area contributed by atoms with E-state index in [0.29, 0.717) is 45.9 Å². The summed E-state index contributed by atoms with van der Waals surface area (Å²) < 4.78 is 19.2. The third-order valence-corrected chi connectivity index (χ3v) is 6.31. The third kappa shape index (κ3) is 3.86. The minimum atomic E-state index is -0.501. The molecular formula is C21H18Cl2N2O4S. The number of thiazole rings is 1. The van der Waals surface area contributed by atoms with Gasteiger partial charge >= 0.3 is 5.91 Å². The van der Waals surface area contributed by atoms with E-state index in [1.54, 1.807) is 31.4 Å². The molecule has 0 N–H and O–H groups in total. The minimum Gasteiger partial charge on any atom is -0.490 e. The van der Waals surface area contributed by atoms with Crippen LogP contribution in [0.2, 0.25) is 10.0 Å². The Kier molecular flexibility index (Phi) is 6.15. The maximum absolute atomic E-state index is 12.9. The van der Waals surface area contributed by atoms with Crippen LogP contribution in [0.4, 0.5) is 0 Å². The summed E-state index contributed by atoms with van der Waals surface area (Å²) in [5.74, 6) is 0.216. The van der Waals surface area contributed by atoms with E-state index in [4.69, 9.17) is 37.1 Å². The number of furan rings is 1. The number of carbonyl (C=O) groups excluding carboxylic acids is 1. The molecule has 4 rings (SSSR count). The molecule has 2 heterocycles. The molecule has 2 aromatic carbocycles. The fraction of sp³-hybridized carbons (Fsp3) is 0.238. The molecule has 0 bridgehead atoms. The molecule has 0 unspecified atom stereocenters. The average Bonchev–Trinajstić information content (AvgIpc) is 3.32. The highest BCUT2D eigenvalue weighted by molar-refractivity contribution is 7.17. The van der Waals surface area contributed by atoms with Gasteiger partial charge in [0.15, 0.2) is 21.9 Å². The second kappa shape index (κ2) is 8.81. The van der Waals surface area contributed by atoms with E-state index >= 15 is 0 Å². The molecule has 0 spiro atoms. The molecule has 9 heteroatoms. The zero-order chi connectivity index (χ0) is 21.3. The molecule has 0 aliphatic heterocycles. The van der Waals surface area contributed by atoms with Gasteiger partial charge in [0.1, 0.15) is 0 Å². The van der Waals surface area contributed by atoms with Gasteiger partial charge in [-0.2, -0.15) is 4.99 Å². The van der Waals surface area contributed by atoms with Crippen LogP contribution >= 0.6 is 34.5 Å². The Hall–Kier alpha value is -2.32. The number of rotatable bonds is 6. The summed E-state index contributed by atoms with van der Waals surface area (Å²) in [5.41, 5.74) is 1.24. The first-order chi connectivity index (χ1) is 14.5. The molecule has 4 aromatic rings. The maximum Gasteiger partial charge on any atom is 0.315 e. The zero-order valence-corrected chi connectivity index (χ0v) is 18.6. The van der Waals surface area contributed by atoms with Gasteiger partial charge in [0.2, 0.25) is 0 Å². The van der Waals surface area contributed by atoms with Crippen molar-refractivity contribution in [1.29, 1.82) is 0 Å². The monoisotopic (exact) mass is 464 g/mol. The molecule has 0 fully saturated rings. The quantitative estimate of drug-likeness (QED) is 0.375. The average molecular weight is 465 g/mol. The molecule has 1 amide bonds. The van der Waals surface area contributed by atoms with Crippen molar-refractivity contribution in [1.82, 2.24) is 4.57 Å². The van der Waals surface area contributed by atoms with E-state index in [0.717, 1.165) is 15.6 Å². The summed E-state index contributed by atoms with van der Waals surface area (Å²) in [5, 5.41) is 1.85. The Morgan fingerprint density at radius 1 is 1.23 bits per heavy atom. The van der Waals surface area contributed by atoms with Crippen molar-refractivity contribution in [3.8, 4) is 5.75 Å². The number of aromatic nitrogens is 1. The normalized spacial score (nSPS) is 12.2. The highest BCUT2D eigenvalue weighted by atomic mass is 35.5. The van der Waals surface area contributed by atoms with Crippen LogP contribution in [-0.2, 0) is 11.3 Å². The van der Waals surface area contributed by atoms with Gasteiger partial charge in [-0.3, -0.25) is 4.79 Å². The fourth-order valence-electron chi connectivity index (χ4n) is 3.14. The van der Waals surface area contributed by atoms with Crippen LogP contribution in [0.25, 0.3) is 21.2 Å². The second-order valence-electron chi connectivity index (χ2n) is 6.37. The molecule has 2 aromatic heterocycles. The Balaban J connectivity index is 1.84. The minimum absolute atomic E-state index is 0.130. The van der Waals surface area contributed by atoms with Crippen molar-refractivity contribution in [2.45, 2.75) is 13.5 Å². The van der Waals surface area contributed by atoms with Crippen LogP contribution < -0.4 is 9.54 Å². The number of amides is 1. The molecule has 6 nitrogen and oxygen atoms in total. The van der Waals surface area contributed by atoms with E-state index in [-0.39, 0.29) is 5.76 Å². The smallest absolute Gasteiger partial charge is 0.315 e. The molecule has 0 radical (unpaired) electrons. The standard InChI is InChI=1S/C21H18Cl2N2O4S/c1-3-28-15-6-4-5-12-11-16(29-18(12)15)20(26)24-21-25(9-10-27-2)17-13(22)7-8-14(23)19(17)30-21/h4-8,11H,3,9-10H2,1-2H3. The Labute approximate surface area is 186 Å². The van der Waals surface area contributed by atoms with Gasteiger partial charge in [-0.1, -0.05) is 46.7 Å². The number of benzene rings is 2. The number of fused-ring (bicyclic) bond motifs is 2. The molecule has 0 saturated heterocycles. The first-order valence-corrected chi connectivity index (χ1v) is 10.8. The lowest BCUT2D eigenvalue weighted by molar-refractivity contribution is 0.0973. The van der Waals surface area contributed by atoms with E-state index in [1.165, 1.54) is 11.3 Å². The van der Waals surface area contributed by atoms with Crippen molar-refractivity contribution < 1.29 is 18.7 Å². The largest absolute Gasteiger partial charge is 0.490 e. The lowest BCUT2D eigenvalue weighted by Gasteiger charge is -2.05. The van der Waals surface area contributed by atoms with Crippen molar-refractivity contribution in [2.24, 2.45) is 4.99 Å². The molecule has 0 aliphatic carbocycles. The van der Waals surface area contributed by atoms with Gasteiger partial charge < -0.3 is 18.5 Å². The van der Waals surface area contributed by atoms with Crippen LogP contribution in [0.5, 0.6) is 5.75 Å². The van der Waals surface area contributed by atoms with E-state index < -0.39 is 5.91 Å². The van der Waals surface area contributed by atoms with Crippen LogP contribution in [0.15, 0.2) is 45.8 Å². The summed E-state index contributed by atoms with van der Waals surface area (Å²) in [7, 11) is 1.61. The number of hydrogen-bond donors (Lipinski definition) is 0. The summed E-state index contributed by atoms with van der Waals surface area (Å²) in [4.78, 5) is 17.7. The zero-order valence-electron chi connectivity index (χ0n) is 16.3. The highest BCUT2D eigenvalue weighted by Crippen LogP contribution is 2.32. The van der Waals surface area contributed by atoms with Crippen LogP contribution in [0.1, 0.15) is 17.5 Å². The van der Waals surface area contributed by atoms with E-state index in [2.05, 4.69) is 4.99 Å². The molecule has 0 aliphatic rings. The number of carbonyl (C=O) groups is 1. The van der Waals surface area contributed by atoms with Crippen molar-refractivity contribution in [3.05, 3.63) is 57.0 Å². The fourth-order valence-corrected chi connectivity index (χ4v) is 4.81. The Bertz CT molecular complexity index is 1310. The van der Waals surface area contributed by atoms with Gasteiger partial charge in [0.05, 0.1) is 33.5 Å². The molecule has 0 atom stereocenters. The number of ether oxygens (including phenoxy) is 2. The number of para-hydroxylation sites is 1. The topological polar surface area (TPSA) is 66.0 Å². The summed E-state index contributed by atoms with van der Waals surface area (Å²) >= 11 is 14.1. The van der Waals surface area contributed by atoms with Crippen LogP contribution in [-0.4, -0.2) is 30.8 Å².